The summed E-state index contributed by atoms with van der Waals surface area (Å²) >= 11 is 1.43. The predicted molar refractivity (Wildman–Crippen MR) is 102 cm³/mol. The summed E-state index contributed by atoms with van der Waals surface area (Å²) in [7, 11) is 3.45. The average molecular weight is 382 g/mol. The van der Waals surface area contributed by atoms with E-state index in [-0.39, 0.29) is 11.4 Å². The minimum absolute atomic E-state index is 0.188. The molecule has 1 aromatic carbocycles. The number of anilines is 2. The molecule has 0 aliphatic heterocycles. The molecule has 0 amide bonds. The van der Waals surface area contributed by atoms with E-state index in [9.17, 15) is 9.18 Å². The van der Waals surface area contributed by atoms with Crippen molar-refractivity contribution >= 4 is 22.4 Å². The molecule has 1 N–H and O–H groups in total. The van der Waals surface area contributed by atoms with Crippen LogP contribution in [-0.2, 0) is 14.1 Å². The standard InChI is InChI=1S/C18H15FN6OS/c1-24-15(13-7-8-20-17(22-13)23-18-21-9-10-27-18)14(16(26)25(24)2)11-3-5-12(19)6-4-11/h3-10H,1-2H3,(H,20,21,22,23). The van der Waals surface area contributed by atoms with Crippen LogP contribution in [0.3, 0.4) is 0 Å². The molecule has 3 heterocycles. The third-order valence-corrected chi connectivity index (χ3v) is 4.89. The van der Waals surface area contributed by atoms with Gasteiger partial charge < -0.3 is 5.32 Å². The fraction of sp³-hybridized carbons (Fsp3) is 0.111. The molecule has 136 valence electrons. The van der Waals surface area contributed by atoms with Gasteiger partial charge in [0.15, 0.2) is 5.13 Å². The van der Waals surface area contributed by atoms with E-state index in [1.165, 1.54) is 28.2 Å². The Bertz CT molecular complexity index is 1150. The van der Waals surface area contributed by atoms with Gasteiger partial charge in [-0.25, -0.2) is 19.3 Å². The van der Waals surface area contributed by atoms with Crippen LogP contribution in [0.1, 0.15) is 0 Å². The Kier molecular flexibility index (Phi) is 4.28. The summed E-state index contributed by atoms with van der Waals surface area (Å²) in [5, 5.41) is 5.56. The number of hydrogen-bond acceptors (Lipinski definition) is 6. The Morgan fingerprint density at radius 1 is 1.04 bits per heavy atom. The molecule has 3 aromatic heterocycles. The van der Waals surface area contributed by atoms with Crippen LogP contribution in [0.15, 0.2) is 52.9 Å². The van der Waals surface area contributed by atoms with Gasteiger partial charge in [-0.15, -0.1) is 11.3 Å². The Morgan fingerprint density at radius 2 is 1.81 bits per heavy atom. The molecule has 0 radical (unpaired) electrons. The van der Waals surface area contributed by atoms with Crippen LogP contribution in [0.5, 0.6) is 0 Å². The number of halogens is 1. The first-order chi connectivity index (χ1) is 13.0. The van der Waals surface area contributed by atoms with E-state index < -0.39 is 0 Å². The Balaban J connectivity index is 1.86. The lowest BCUT2D eigenvalue weighted by atomic mass is 10.0. The molecule has 0 unspecified atom stereocenters. The maximum atomic E-state index is 13.3. The summed E-state index contributed by atoms with van der Waals surface area (Å²) in [5.74, 6) is 0.0221. The van der Waals surface area contributed by atoms with Crippen LogP contribution in [0.25, 0.3) is 22.5 Å². The molecule has 0 spiro atoms. The van der Waals surface area contributed by atoms with Crippen molar-refractivity contribution in [2.24, 2.45) is 14.1 Å². The molecule has 4 aromatic rings. The second-order valence-electron chi connectivity index (χ2n) is 5.81. The van der Waals surface area contributed by atoms with E-state index in [2.05, 4.69) is 20.3 Å². The van der Waals surface area contributed by atoms with Crippen molar-refractivity contribution in [3.63, 3.8) is 0 Å². The zero-order valence-corrected chi connectivity index (χ0v) is 15.4. The SMILES string of the molecule is Cn1c(-c2ccnc(Nc3nccs3)n2)c(-c2ccc(F)cc2)c(=O)n1C. The molecule has 0 aliphatic carbocycles. The average Bonchev–Trinajstić information content (AvgIpc) is 3.25. The molecule has 0 bridgehead atoms. The minimum Gasteiger partial charge on any atom is -0.300 e. The summed E-state index contributed by atoms with van der Waals surface area (Å²) in [6.07, 6.45) is 3.30. The van der Waals surface area contributed by atoms with E-state index in [1.54, 1.807) is 49.4 Å². The number of hydrogen-bond donors (Lipinski definition) is 1. The quantitative estimate of drug-likeness (QED) is 0.587. The van der Waals surface area contributed by atoms with Crippen LogP contribution in [0.4, 0.5) is 15.5 Å². The van der Waals surface area contributed by atoms with E-state index in [1.807, 2.05) is 5.38 Å². The van der Waals surface area contributed by atoms with Crippen molar-refractivity contribution in [2.45, 2.75) is 0 Å². The number of thiazole rings is 1. The molecule has 0 aliphatic rings. The van der Waals surface area contributed by atoms with E-state index in [4.69, 9.17) is 0 Å². The molecule has 0 fully saturated rings. The molecule has 0 saturated heterocycles. The van der Waals surface area contributed by atoms with Crippen LogP contribution >= 0.6 is 11.3 Å². The van der Waals surface area contributed by atoms with Crippen LogP contribution in [0.2, 0.25) is 0 Å². The molecule has 4 rings (SSSR count). The van der Waals surface area contributed by atoms with Gasteiger partial charge >= 0.3 is 0 Å². The first-order valence-electron chi connectivity index (χ1n) is 8.06. The second-order valence-corrected chi connectivity index (χ2v) is 6.71. The highest BCUT2D eigenvalue weighted by Gasteiger charge is 2.21. The normalized spacial score (nSPS) is 10.9. The first kappa shape index (κ1) is 17.1. The van der Waals surface area contributed by atoms with Gasteiger partial charge in [0.2, 0.25) is 5.95 Å². The van der Waals surface area contributed by atoms with Crippen molar-refractivity contribution < 1.29 is 4.39 Å². The zero-order chi connectivity index (χ0) is 19.0. The van der Waals surface area contributed by atoms with Gasteiger partial charge in [-0.05, 0) is 23.8 Å². The van der Waals surface area contributed by atoms with Crippen LogP contribution in [-0.4, -0.2) is 24.3 Å². The molecule has 7 nitrogen and oxygen atoms in total. The molecule has 9 heteroatoms. The molecule has 27 heavy (non-hydrogen) atoms. The van der Waals surface area contributed by atoms with Crippen molar-refractivity contribution in [3.8, 4) is 22.5 Å². The van der Waals surface area contributed by atoms with Crippen molar-refractivity contribution in [3.05, 3.63) is 64.3 Å². The minimum atomic E-state index is -0.356. The number of benzene rings is 1. The lowest BCUT2D eigenvalue weighted by Crippen LogP contribution is -2.17. The molecular weight excluding hydrogens is 367 g/mol. The smallest absolute Gasteiger partial charge is 0.274 e. The second kappa shape index (κ2) is 6.76. The fourth-order valence-corrected chi connectivity index (χ4v) is 3.34. The lowest BCUT2D eigenvalue weighted by Gasteiger charge is -2.09. The Morgan fingerprint density at radius 3 is 2.52 bits per heavy atom. The van der Waals surface area contributed by atoms with Gasteiger partial charge in [-0.2, -0.15) is 0 Å². The zero-order valence-electron chi connectivity index (χ0n) is 14.5. The third kappa shape index (κ3) is 3.13. The van der Waals surface area contributed by atoms with Gasteiger partial charge in [0, 0.05) is 31.9 Å². The van der Waals surface area contributed by atoms with Gasteiger partial charge in [-0.1, -0.05) is 12.1 Å². The summed E-state index contributed by atoms with van der Waals surface area (Å²) in [6.45, 7) is 0. The third-order valence-electron chi connectivity index (χ3n) is 4.20. The summed E-state index contributed by atoms with van der Waals surface area (Å²) in [6, 6.07) is 7.58. The summed E-state index contributed by atoms with van der Waals surface area (Å²) in [5.41, 5.74) is 2.09. The van der Waals surface area contributed by atoms with Crippen molar-refractivity contribution in [2.75, 3.05) is 5.32 Å². The number of nitrogens with zero attached hydrogens (tertiary/aromatic N) is 5. The molecular formula is C18H15FN6OS. The van der Waals surface area contributed by atoms with E-state index >= 15 is 0 Å². The van der Waals surface area contributed by atoms with Crippen LogP contribution < -0.4 is 10.9 Å². The first-order valence-corrected chi connectivity index (χ1v) is 8.94. The van der Waals surface area contributed by atoms with E-state index in [0.717, 1.165) is 0 Å². The maximum absolute atomic E-state index is 13.3. The number of rotatable bonds is 4. The highest BCUT2D eigenvalue weighted by Crippen LogP contribution is 2.29. The number of aromatic nitrogens is 5. The lowest BCUT2D eigenvalue weighted by molar-refractivity contribution is 0.583. The van der Waals surface area contributed by atoms with Gasteiger partial charge in [0.1, 0.15) is 5.82 Å². The molecule has 0 saturated carbocycles. The molecule has 0 atom stereocenters. The maximum Gasteiger partial charge on any atom is 0.274 e. The van der Waals surface area contributed by atoms with E-state index in [0.29, 0.717) is 33.6 Å². The summed E-state index contributed by atoms with van der Waals surface area (Å²) in [4.78, 5) is 25.7. The Labute approximate surface area is 157 Å². The van der Waals surface area contributed by atoms with Gasteiger partial charge in [0.05, 0.1) is 17.0 Å². The van der Waals surface area contributed by atoms with Gasteiger partial charge in [-0.3, -0.25) is 14.2 Å². The highest BCUT2D eigenvalue weighted by atomic mass is 32.1. The largest absolute Gasteiger partial charge is 0.300 e. The highest BCUT2D eigenvalue weighted by molar-refractivity contribution is 7.13. The summed E-state index contributed by atoms with van der Waals surface area (Å²) < 4.78 is 16.5. The Hall–Kier alpha value is -3.33. The fourth-order valence-electron chi connectivity index (χ4n) is 2.81. The topological polar surface area (TPSA) is 77.6 Å². The monoisotopic (exact) mass is 382 g/mol. The van der Waals surface area contributed by atoms with Crippen molar-refractivity contribution in [1.29, 1.82) is 0 Å². The van der Waals surface area contributed by atoms with Crippen LogP contribution in [0, 0.1) is 5.82 Å². The van der Waals surface area contributed by atoms with Crippen molar-refractivity contribution in [1.82, 2.24) is 24.3 Å². The predicted octanol–water partition coefficient (Wildman–Crippen LogP) is 3.19. The van der Waals surface area contributed by atoms with Gasteiger partial charge in [0.25, 0.3) is 5.56 Å². The number of nitrogens with one attached hydrogen (secondary N) is 1.